The van der Waals surface area contributed by atoms with Crippen LogP contribution in [0, 0.1) is 10.1 Å². The number of carbonyl (C=O) groups is 1. The van der Waals surface area contributed by atoms with Gasteiger partial charge in [-0.25, -0.2) is 4.79 Å². The highest BCUT2D eigenvalue weighted by molar-refractivity contribution is 5.68. The lowest BCUT2D eigenvalue weighted by Gasteiger charge is -2.38. The highest BCUT2D eigenvalue weighted by Crippen LogP contribution is 2.33. The second-order valence-corrected chi connectivity index (χ2v) is 7.24. The lowest BCUT2D eigenvalue weighted by atomic mass is 10.0. The molecule has 2 rings (SSSR count). The van der Waals surface area contributed by atoms with Crippen LogP contribution in [0.2, 0.25) is 0 Å². The fourth-order valence-electron chi connectivity index (χ4n) is 2.87. The first-order valence-corrected chi connectivity index (χ1v) is 8.26. The molecule has 0 saturated carbocycles. The molecule has 1 N–H and O–H groups in total. The fourth-order valence-corrected chi connectivity index (χ4v) is 2.87. The van der Waals surface area contributed by atoms with Gasteiger partial charge in [0.2, 0.25) is 0 Å². The molecule has 138 valence electrons. The van der Waals surface area contributed by atoms with Crippen LogP contribution in [-0.2, 0) is 4.74 Å². The molecule has 0 atom stereocenters. The number of phenolic OH excluding ortho intramolecular Hbond substituents is 1. The molecule has 0 bridgehead atoms. The van der Waals surface area contributed by atoms with Crippen LogP contribution in [0.1, 0.15) is 33.6 Å². The van der Waals surface area contributed by atoms with Gasteiger partial charge in [-0.3, -0.25) is 10.1 Å². The van der Waals surface area contributed by atoms with Gasteiger partial charge in [0.1, 0.15) is 11.4 Å². The van der Waals surface area contributed by atoms with Crippen LogP contribution < -0.4 is 4.90 Å². The van der Waals surface area contributed by atoms with Crippen LogP contribution in [-0.4, -0.2) is 52.8 Å². The van der Waals surface area contributed by atoms with Gasteiger partial charge >= 0.3 is 6.09 Å². The summed E-state index contributed by atoms with van der Waals surface area (Å²) in [5.74, 6) is -0.104. The Morgan fingerprint density at radius 3 is 2.44 bits per heavy atom. The number of nitro benzene ring substituents is 1. The minimum absolute atomic E-state index is 0.0614. The van der Waals surface area contributed by atoms with Gasteiger partial charge < -0.3 is 19.6 Å². The highest BCUT2D eigenvalue weighted by Gasteiger charge is 2.29. The summed E-state index contributed by atoms with van der Waals surface area (Å²) in [7, 11) is 1.73. The number of amides is 1. The van der Waals surface area contributed by atoms with Gasteiger partial charge in [-0.15, -0.1) is 0 Å². The number of benzene rings is 1. The summed E-state index contributed by atoms with van der Waals surface area (Å²) in [6, 6.07) is 4.17. The Morgan fingerprint density at radius 1 is 1.36 bits per heavy atom. The average molecular weight is 351 g/mol. The van der Waals surface area contributed by atoms with Gasteiger partial charge in [0.05, 0.1) is 16.7 Å². The van der Waals surface area contributed by atoms with Gasteiger partial charge in [-0.2, -0.15) is 0 Å². The van der Waals surface area contributed by atoms with Crippen molar-refractivity contribution in [2.75, 3.05) is 25.0 Å². The molecule has 1 aliphatic rings. The van der Waals surface area contributed by atoms with Crippen LogP contribution in [0.15, 0.2) is 18.2 Å². The second-order valence-electron chi connectivity index (χ2n) is 7.24. The molecule has 25 heavy (non-hydrogen) atoms. The van der Waals surface area contributed by atoms with Gasteiger partial charge in [0.15, 0.2) is 0 Å². The number of aromatic hydroxyl groups is 1. The third-order valence-electron chi connectivity index (χ3n) is 4.20. The number of nitrogens with zero attached hydrogens (tertiary/aromatic N) is 3. The number of non-ortho nitro benzene ring substituents is 1. The standard InChI is InChI=1S/C17H25N3O5/c1-17(2,3)25-16(22)18(4)12-7-9-19(10-8-12)14-6-5-13(20(23)24)11-15(14)21/h5-6,11-12,21H,7-10H2,1-4H3. The van der Waals surface area contributed by atoms with E-state index in [0.717, 1.165) is 18.9 Å². The van der Waals surface area contributed by atoms with Crippen molar-refractivity contribution in [2.45, 2.75) is 45.3 Å². The Kier molecular flexibility index (Phi) is 5.39. The van der Waals surface area contributed by atoms with E-state index in [1.165, 1.54) is 6.07 Å². The summed E-state index contributed by atoms with van der Waals surface area (Å²) in [6.07, 6.45) is 1.11. The first-order chi connectivity index (χ1) is 11.6. The molecule has 0 unspecified atom stereocenters. The normalized spacial score (nSPS) is 15.8. The fraction of sp³-hybridized carbons (Fsp3) is 0.588. The SMILES string of the molecule is CN(C(=O)OC(C)(C)C)C1CCN(c2ccc([N+](=O)[O-])cc2O)CC1. The molecule has 0 radical (unpaired) electrons. The van der Waals surface area contributed by atoms with Crippen molar-refractivity contribution >= 4 is 17.5 Å². The van der Waals surface area contributed by atoms with E-state index in [4.69, 9.17) is 4.74 Å². The van der Waals surface area contributed by atoms with E-state index in [9.17, 15) is 20.0 Å². The first kappa shape index (κ1) is 18.8. The van der Waals surface area contributed by atoms with E-state index >= 15 is 0 Å². The highest BCUT2D eigenvalue weighted by atomic mass is 16.6. The van der Waals surface area contributed by atoms with Crippen molar-refractivity contribution < 1.29 is 19.6 Å². The van der Waals surface area contributed by atoms with Crippen LogP contribution >= 0.6 is 0 Å². The number of carbonyl (C=O) groups excluding carboxylic acids is 1. The second kappa shape index (κ2) is 7.16. The number of piperidine rings is 1. The van der Waals surface area contributed by atoms with Crippen LogP contribution in [0.5, 0.6) is 5.75 Å². The monoisotopic (exact) mass is 351 g/mol. The number of hydrogen-bond donors (Lipinski definition) is 1. The number of hydrogen-bond acceptors (Lipinski definition) is 6. The molecule has 1 saturated heterocycles. The lowest BCUT2D eigenvalue weighted by Crippen LogP contribution is -2.47. The molecule has 1 heterocycles. The van der Waals surface area contributed by atoms with Crippen LogP contribution in [0.4, 0.5) is 16.2 Å². The van der Waals surface area contributed by atoms with Crippen LogP contribution in [0.3, 0.4) is 0 Å². The number of ether oxygens (including phenoxy) is 1. The zero-order valence-electron chi connectivity index (χ0n) is 15.1. The molecule has 1 fully saturated rings. The summed E-state index contributed by atoms with van der Waals surface area (Å²) in [4.78, 5) is 26.0. The molecule has 0 aliphatic carbocycles. The maximum Gasteiger partial charge on any atom is 0.410 e. The number of nitro groups is 1. The predicted molar refractivity (Wildman–Crippen MR) is 94.0 cm³/mol. The Balaban J connectivity index is 1.97. The molecule has 1 aromatic rings. The molecule has 0 spiro atoms. The minimum Gasteiger partial charge on any atom is -0.506 e. The minimum atomic E-state index is -0.536. The molecule has 1 amide bonds. The van der Waals surface area contributed by atoms with E-state index in [1.54, 1.807) is 18.0 Å². The third-order valence-corrected chi connectivity index (χ3v) is 4.20. The smallest absolute Gasteiger partial charge is 0.410 e. The summed E-state index contributed by atoms with van der Waals surface area (Å²) >= 11 is 0. The first-order valence-electron chi connectivity index (χ1n) is 8.26. The largest absolute Gasteiger partial charge is 0.506 e. The maximum absolute atomic E-state index is 12.2. The van der Waals surface area contributed by atoms with Crippen molar-refractivity contribution in [2.24, 2.45) is 0 Å². The third kappa shape index (κ3) is 4.74. The lowest BCUT2D eigenvalue weighted by molar-refractivity contribution is -0.384. The van der Waals surface area contributed by atoms with E-state index in [0.29, 0.717) is 18.8 Å². The Bertz CT molecular complexity index is 648. The van der Waals surface area contributed by atoms with E-state index < -0.39 is 10.5 Å². The average Bonchev–Trinajstić information content (AvgIpc) is 2.52. The Labute approximate surface area is 147 Å². The van der Waals surface area contributed by atoms with Crippen molar-refractivity contribution in [1.82, 2.24) is 4.90 Å². The molecular weight excluding hydrogens is 326 g/mol. The Morgan fingerprint density at radius 2 is 1.96 bits per heavy atom. The van der Waals surface area contributed by atoms with E-state index in [1.807, 2.05) is 25.7 Å². The van der Waals surface area contributed by atoms with Crippen LogP contribution in [0.25, 0.3) is 0 Å². The topological polar surface area (TPSA) is 96.2 Å². The van der Waals surface area contributed by atoms with Gasteiger partial charge in [-0.1, -0.05) is 0 Å². The predicted octanol–water partition coefficient (Wildman–Crippen LogP) is 3.14. The molecule has 8 heteroatoms. The summed E-state index contributed by atoms with van der Waals surface area (Å²) in [5, 5.41) is 20.8. The molecule has 1 aromatic carbocycles. The van der Waals surface area contributed by atoms with Crippen molar-refractivity contribution in [1.29, 1.82) is 0 Å². The Hall–Kier alpha value is -2.51. The van der Waals surface area contributed by atoms with Crippen molar-refractivity contribution in [3.05, 3.63) is 28.3 Å². The summed E-state index contributed by atoms with van der Waals surface area (Å²) in [5.41, 5.74) is -0.0962. The molecule has 0 aromatic heterocycles. The zero-order valence-corrected chi connectivity index (χ0v) is 15.1. The van der Waals surface area contributed by atoms with Crippen molar-refractivity contribution in [3.8, 4) is 5.75 Å². The van der Waals surface area contributed by atoms with E-state index in [-0.39, 0.29) is 23.6 Å². The molecule has 8 nitrogen and oxygen atoms in total. The quantitative estimate of drug-likeness (QED) is 0.664. The number of phenols is 1. The summed E-state index contributed by atoms with van der Waals surface area (Å²) < 4.78 is 5.39. The van der Waals surface area contributed by atoms with Gasteiger partial charge in [-0.05, 0) is 39.7 Å². The maximum atomic E-state index is 12.2. The number of rotatable bonds is 3. The van der Waals surface area contributed by atoms with Gasteiger partial charge in [0, 0.05) is 32.2 Å². The van der Waals surface area contributed by atoms with Gasteiger partial charge in [0.25, 0.3) is 5.69 Å². The molecule has 1 aliphatic heterocycles. The zero-order chi connectivity index (χ0) is 18.8. The van der Waals surface area contributed by atoms with Crippen molar-refractivity contribution in [3.63, 3.8) is 0 Å². The molecular formula is C17H25N3O5. The summed E-state index contributed by atoms with van der Waals surface area (Å²) in [6.45, 7) is 6.78. The van der Waals surface area contributed by atoms with E-state index in [2.05, 4.69) is 0 Å². The number of anilines is 1.